The second-order valence-electron chi connectivity index (χ2n) is 9.78. The standard InChI is InChI=1S/C33H29N3O5/c37-32(35-18-15-25-9-4-5-17-34-25)29-14-13-27(41-29)22-40-26-12-11-23-16-19-36(33(38)30-10-6-20-39-30)31(28(23)21-26)24-7-2-1-3-8-24/h1-14,17,20-21,31H,15-16,18-19,22H2,(H,35,37). The Labute approximate surface area is 237 Å². The van der Waals surface area contributed by atoms with E-state index in [-0.39, 0.29) is 30.2 Å². The van der Waals surface area contributed by atoms with E-state index in [1.54, 1.807) is 30.5 Å². The molecule has 8 nitrogen and oxygen atoms in total. The van der Waals surface area contributed by atoms with Gasteiger partial charge in [-0.1, -0.05) is 42.5 Å². The molecule has 0 bridgehead atoms. The van der Waals surface area contributed by atoms with Crippen LogP contribution in [0, 0.1) is 0 Å². The SMILES string of the molecule is O=C(NCCc1ccccn1)c1ccc(COc2ccc3c(c2)C(c2ccccc2)N(C(=O)c2ccco2)CC3)o1. The number of furan rings is 2. The Kier molecular flexibility index (Phi) is 7.62. The minimum atomic E-state index is -0.286. The van der Waals surface area contributed by atoms with E-state index < -0.39 is 0 Å². The summed E-state index contributed by atoms with van der Waals surface area (Å²) in [6.45, 7) is 1.19. The van der Waals surface area contributed by atoms with Gasteiger partial charge in [0.25, 0.3) is 11.8 Å². The molecule has 4 heterocycles. The number of nitrogens with one attached hydrogen (secondary N) is 1. The summed E-state index contributed by atoms with van der Waals surface area (Å²) in [5.41, 5.74) is 4.09. The lowest BCUT2D eigenvalue weighted by molar-refractivity contribution is 0.0661. The van der Waals surface area contributed by atoms with Crippen molar-refractivity contribution in [3.63, 3.8) is 0 Å². The first-order valence-electron chi connectivity index (χ1n) is 13.6. The molecule has 1 unspecified atom stereocenters. The van der Waals surface area contributed by atoms with Crippen molar-refractivity contribution >= 4 is 11.8 Å². The molecule has 2 amide bonds. The fourth-order valence-electron chi connectivity index (χ4n) is 5.11. The van der Waals surface area contributed by atoms with Crippen LogP contribution in [0.1, 0.15) is 55.3 Å². The van der Waals surface area contributed by atoms with Crippen LogP contribution in [0.3, 0.4) is 0 Å². The normalized spacial score (nSPS) is 14.3. The quantitative estimate of drug-likeness (QED) is 0.258. The van der Waals surface area contributed by atoms with Gasteiger partial charge in [0.2, 0.25) is 0 Å². The number of fused-ring (bicyclic) bond motifs is 1. The van der Waals surface area contributed by atoms with Crippen LogP contribution in [0.5, 0.6) is 5.75 Å². The predicted molar refractivity (Wildman–Crippen MR) is 151 cm³/mol. The first kappa shape index (κ1) is 26.1. The minimum absolute atomic E-state index is 0.151. The Hall–Kier alpha value is -5.11. The van der Waals surface area contributed by atoms with Crippen molar-refractivity contribution in [3.05, 3.63) is 143 Å². The highest BCUT2D eigenvalue weighted by molar-refractivity contribution is 5.92. The number of aromatic nitrogens is 1. The van der Waals surface area contributed by atoms with E-state index in [0.29, 0.717) is 36.8 Å². The third-order valence-electron chi connectivity index (χ3n) is 7.11. The summed E-state index contributed by atoms with van der Waals surface area (Å²) in [5, 5.41) is 2.86. The first-order chi connectivity index (χ1) is 20.2. The maximum absolute atomic E-state index is 13.4. The Balaban J connectivity index is 1.15. The van der Waals surface area contributed by atoms with E-state index in [2.05, 4.69) is 16.4 Å². The molecule has 2 aromatic carbocycles. The van der Waals surface area contributed by atoms with E-state index in [4.69, 9.17) is 13.6 Å². The van der Waals surface area contributed by atoms with Crippen molar-refractivity contribution in [2.24, 2.45) is 0 Å². The Morgan fingerprint density at radius 1 is 0.951 bits per heavy atom. The van der Waals surface area contributed by atoms with E-state index >= 15 is 0 Å². The number of amides is 2. The molecule has 0 aliphatic carbocycles. The van der Waals surface area contributed by atoms with Crippen molar-refractivity contribution in [2.75, 3.05) is 13.1 Å². The Morgan fingerprint density at radius 3 is 2.63 bits per heavy atom. The highest BCUT2D eigenvalue weighted by Crippen LogP contribution is 2.38. The zero-order valence-corrected chi connectivity index (χ0v) is 22.4. The molecule has 0 saturated heterocycles. The largest absolute Gasteiger partial charge is 0.486 e. The van der Waals surface area contributed by atoms with Gasteiger partial charge in [-0.3, -0.25) is 14.6 Å². The van der Waals surface area contributed by atoms with Gasteiger partial charge in [0.15, 0.2) is 11.5 Å². The number of pyridine rings is 1. The van der Waals surface area contributed by atoms with Gasteiger partial charge in [-0.05, 0) is 71.6 Å². The molecular weight excluding hydrogens is 518 g/mol. The Bertz CT molecular complexity index is 1610. The van der Waals surface area contributed by atoms with Gasteiger partial charge >= 0.3 is 0 Å². The molecule has 3 aromatic heterocycles. The van der Waals surface area contributed by atoms with Gasteiger partial charge in [-0.2, -0.15) is 0 Å². The monoisotopic (exact) mass is 547 g/mol. The number of hydrogen-bond donors (Lipinski definition) is 1. The molecule has 0 saturated carbocycles. The summed E-state index contributed by atoms with van der Waals surface area (Å²) >= 11 is 0. The number of hydrogen-bond acceptors (Lipinski definition) is 6. The third-order valence-corrected chi connectivity index (χ3v) is 7.11. The third kappa shape index (κ3) is 5.91. The average molecular weight is 548 g/mol. The fourth-order valence-corrected chi connectivity index (χ4v) is 5.11. The average Bonchev–Trinajstić information content (AvgIpc) is 3.73. The number of benzene rings is 2. The van der Waals surface area contributed by atoms with Gasteiger partial charge in [0.05, 0.1) is 12.3 Å². The van der Waals surface area contributed by atoms with Crippen LogP contribution in [0.25, 0.3) is 0 Å². The van der Waals surface area contributed by atoms with Crippen LogP contribution in [-0.4, -0.2) is 34.8 Å². The highest BCUT2D eigenvalue weighted by atomic mass is 16.5. The van der Waals surface area contributed by atoms with Crippen molar-refractivity contribution in [2.45, 2.75) is 25.5 Å². The zero-order chi connectivity index (χ0) is 28.0. The molecule has 1 aliphatic heterocycles. The number of carbonyl (C=O) groups excluding carboxylic acids is 2. The van der Waals surface area contributed by atoms with Crippen molar-refractivity contribution < 1.29 is 23.2 Å². The van der Waals surface area contributed by atoms with Crippen LogP contribution >= 0.6 is 0 Å². The van der Waals surface area contributed by atoms with E-state index in [1.807, 2.05) is 65.6 Å². The van der Waals surface area contributed by atoms with Crippen molar-refractivity contribution in [1.29, 1.82) is 0 Å². The summed E-state index contributed by atoms with van der Waals surface area (Å²) < 4.78 is 17.3. The maximum Gasteiger partial charge on any atom is 0.290 e. The molecule has 206 valence electrons. The molecule has 1 atom stereocenters. The lowest BCUT2D eigenvalue weighted by Crippen LogP contribution is -2.40. The molecule has 5 aromatic rings. The predicted octanol–water partition coefficient (Wildman–Crippen LogP) is 5.61. The van der Waals surface area contributed by atoms with Gasteiger partial charge in [-0.25, -0.2) is 0 Å². The minimum Gasteiger partial charge on any atom is -0.486 e. The summed E-state index contributed by atoms with van der Waals surface area (Å²) in [6.07, 6.45) is 4.61. The van der Waals surface area contributed by atoms with Crippen molar-refractivity contribution in [3.8, 4) is 5.75 Å². The molecule has 0 fully saturated rings. The molecule has 1 N–H and O–H groups in total. The number of rotatable bonds is 9. The molecule has 6 rings (SSSR count). The van der Waals surface area contributed by atoms with Gasteiger partial charge in [0.1, 0.15) is 18.1 Å². The topological polar surface area (TPSA) is 97.8 Å². The van der Waals surface area contributed by atoms with Crippen LogP contribution in [0.15, 0.2) is 112 Å². The zero-order valence-electron chi connectivity index (χ0n) is 22.4. The smallest absolute Gasteiger partial charge is 0.290 e. The van der Waals surface area contributed by atoms with Gasteiger partial charge in [-0.15, -0.1) is 0 Å². The van der Waals surface area contributed by atoms with Crippen LogP contribution in [0.2, 0.25) is 0 Å². The summed E-state index contributed by atoms with van der Waals surface area (Å²) in [5.74, 6) is 1.29. The summed E-state index contributed by atoms with van der Waals surface area (Å²) in [7, 11) is 0. The highest BCUT2D eigenvalue weighted by Gasteiger charge is 2.34. The number of carbonyl (C=O) groups is 2. The number of ether oxygens (including phenoxy) is 1. The lowest BCUT2D eigenvalue weighted by Gasteiger charge is -2.37. The molecule has 41 heavy (non-hydrogen) atoms. The molecule has 0 radical (unpaired) electrons. The van der Waals surface area contributed by atoms with E-state index in [1.165, 1.54) is 6.26 Å². The van der Waals surface area contributed by atoms with Gasteiger partial charge < -0.3 is 23.8 Å². The molecule has 0 spiro atoms. The first-order valence-corrected chi connectivity index (χ1v) is 13.6. The number of nitrogens with zero attached hydrogens (tertiary/aromatic N) is 2. The molecular formula is C33H29N3O5. The Morgan fingerprint density at radius 2 is 1.83 bits per heavy atom. The summed E-state index contributed by atoms with van der Waals surface area (Å²) in [4.78, 5) is 32.0. The van der Waals surface area contributed by atoms with Crippen molar-refractivity contribution in [1.82, 2.24) is 15.2 Å². The maximum atomic E-state index is 13.4. The summed E-state index contributed by atoms with van der Waals surface area (Å²) in [6, 6.07) is 28.2. The lowest BCUT2D eigenvalue weighted by atomic mass is 9.87. The molecule has 1 aliphatic rings. The second-order valence-corrected chi connectivity index (χ2v) is 9.78. The van der Waals surface area contributed by atoms with E-state index in [9.17, 15) is 9.59 Å². The van der Waals surface area contributed by atoms with Crippen LogP contribution in [-0.2, 0) is 19.4 Å². The molecule has 8 heteroatoms. The fraction of sp³-hybridized carbons (Fsp3) is 0.182. The van der Waals surface area contributed by atoms with Crippen LogP contribution in [0.4, 0.5) is 0 Å². The second kappa shape index (κ2) is 12.0. The van der Waals surface area contributed by atoms with Crippen LogP contribution < -0.4 is 10.1 Å². The van der Waals surface area contributed by atoms with E-state index in [0.717, 1.165) is 28.8 Å². The van der Waals surface area contributed by atoms with Gasteiger partial charge in [0, 0.05) is 31.4 Å².